The molecule has 0 spiro atoms. The molecule has 0 bridgehead atoms. The van der Waals surface area contributed by atoms with Gasteiger partial charge in [0.1, 0.15) is 23.2 Å². The summed E-state index contributed by atoms with van der Waals surface area (Å²) in [6.07, 6.45) is 7.50. The lowest BCUT2D eigenvalue weighted by Crippen LogP contribution is -2.41. The maximum absolute atomic E-state index is 14.4. The number of nitrogen functional groups attached to an aromatic ring is 1. The van der Waals surface area contributed by atoms with E-state index in [1.54, 1.807) is 30.3 Å². The van der Waals surface area contributed by atoms with E-state index in [9.17, 15) is 13.2 Å². The highest BCUT2D eigenvalue weighted by Gasteiger charge is 2.33. The van der Waals surface area contributed by atoms with E-state index >= 15 is 0 Å². The molecular formula is C36H36N8O4S. The van der Waals surface area contributed by atoms with Gasteiger partial charge in [0.05, 0.1) is 58.8 Å². The number of rotatable bonds is 6. The Morgan fingerprint density at radius 2 is 1.80 bits per heavy atom. The summed E-state index contributed by atoms with van der Waals surface area (Å²) in [5, 5.41) is 4.44. The number of carbonyl (C=O) groups is 1. The van der Waals surface area contributed by atoms with Gasteiger partial charge in [-0.2, -0.15) is 5.10 Å². The normalized spacial score (nSPS) is 16.7. The molecule has 49 heavy (non-hydrogen) atoms. The number of H-pyrrole nitrogens is 1. The van der Waals surface area contributed by atoms with Gasteiger partial charge >= 0.3 is 0 Å². The Morgan fingerprint density at radius 1 is 1.00 bits per heavy atom. The van der Waals surface area contributed by atoms with E-state index < -0.39 is 15.8 Å². The molecular weight excluding hydrogens is 641 g/mol. The molecule has 0 saturated carbocycles. The standard InChI is InChI=1S/C36H36N8O4S/c1-22-3-9-28(10-4-22)49(46,47)44-32-17-24(26-7-12-34(38-20-26)42-13-15-48-16-14-42)5-6-25(32)18-33(44)35(45)29-21-39-43(36(29)37)27-8-11-30-31(19-27)41-23(2)40-30/h3-4,7-11,17-19,21H,5-6,12-16,20,37H2,1-2H3,(H,40,41). The molecule has 0 radical (unpaired) electrons. The van der Waals surface area contributed by atoms with Gasteiger partial charge in [0.15, 0.2) is 0 Å². The molecule has 13 heteroatoms. The molecule has 1 aliphatic carbocycles. The molecule has 8 rings (SSSR count). The highest BCUT2D eigenvalue weighted by molar-refractivity contribution is 7.90. The maximum atomic E-state index is 14.4. The van der Waals surface area contributed by atoms with E-state index in [1.165, 1.54) is 14.9 Å². The molecule has 2 aliphatic heterocycles. The van der Waals surface area contributed by atoms with Crippen molar-refractivity contribution >= 4 is 44.6 Å². The van der Waals surface area contributed by atoms with Crippen molar-refractivity contribution in [1.29, 1.82) is 0 Å². The Bertz CT molecular complexity index is 2330. The number of ketones is 1. The van der Waals surface area contributed by atoms with E-state index in [2.05, 4.69) is 26.0 Å². The summed E-state index contributed by atoms with van der Waals surface area (Å²) in [7, 11) is -4.19. The summed E-state index contributed by atoms with van der Waals surface area (Å²) in [4.78, 5) is 29.3. The summed E-state index contributed by atoms with van der Waals surface area (Å²) in [6.45, 7) is 7.35. The number of benzene rings is 2. The van der Waals surface area contributed by atoms with Crippen molar-refractivity contribution in [2.24, 2.45) is 4.99 Å². The van der Waals surface area contributed by atoms with Crippen molar-refractivity contribution in [3.05, 3.63) is 106 Å². The number of ether oxygens (including phenoxy) is 1. The summed E-state index contributed by atoms with van der Waals surface area (Å²) < 4.78 is 37.0. The summed E-state index contributed by atoms with van der Waals surface area (Å²) in [5.74, 6) is 1.41. The van der Waals surface area contributed by atoms with Gasteiger partial charge in [0.2, 0.25) is 5.78 Å². The van der Waals surface area contributed by atoms with Crippen molar-refractivity contribution in [3.8, 4) is 5.69 Å². The molecule has 12 nitrogen and oxygen atoms in total. The minimum Gasteiger partial charge on any atom is -0.383 e. The number of imidazole rings is 1. The Labute approximate surface area is 283 Å². The fourth-order valence-corrected chi connectivity index (χ4v) is 8.35. The van der Waals surface area contributed by atoms with Gasteiger partial charge < -0.3 is 20.4 Å². The topological polar surface area (TPSA) is 153 Å². The first kappa shape index (κ1) is 31.0. The number of hydrogen-bond donors (Lipinski definition) is 2. The lowest BCUT2D eigenvalue weighted by atomic mass is 9.91. The van der Waals surface area contributed by atoms with Crippen molar-refractivity contribution in [2.45, 2.75) is 38.0 Å². The van der Waals surface area contributed by atoms with E-state index in [0.717, 1.165) is 58.1 Å². The monoisotopic (exact) mass is 676 g/mol. The summed E-state index contributed by atoms with van der Waals surface area (Å²) in [6, 6.07) is 13.9. The van der Waals surface area contributed by atoms with E-state index in [1.807, 2.05) is 38.1 Å². The SMILES string of the molecule is Cc1ccc(S(=O)(=O)n2c(C(=O)c3cnn(-c4ccc5nc(C)[nH]c5c4)c3N)cc3c2C=C(C2=CCC(N4CCOCC4)=NC2)CC3)cc1. The van der Waals surface area contributed by atoms with Gasteiger partial charge in [-0.05, 0) is 85.9 Å². The zero-order chi connectivity index (χ0) is 33.9. The average Bonchev–Trinajstić information content (AvgIpc) is 3.82. The molecule has 1 saturated heterocycles. The first-order valence-electron chi connectivity index (χ1n) is 16.3. The number of nitrogens with two attached hydrogens (primary N) is 1. The second-order valence-corrected chi connectivity index (χ2v) is 14.5. The molecule has 5 heterocycles. The number of anilines is 1. The Kier molecular flexibility index (Phi) is 7.60. The molecule has 3 aliphatic rings. The predicted octanol–water partition coefficient (Wildman–Crippen LogP) is 4.61. The van der Waals surface area contributed by atoms with Crippen molar-refractivity contribution in [2.75, 3.05) is 38.6 Å². The van der Waals surface area contributed by atoms with Crippen molar-refractivity contribution < 1.29 is 17.9 Å². The third kappa shape index (κ3) is 5.48. The van der Waals surface area contributed by atoms with E-state index in [-0.39, 0.29) is 22.0 Å². The number of carbonyl (C=O) groups excluding carboxylic acids is 1. The number of aromatic amines is 1. The van der Waals surface area contributed by atoms with Gasteiger partial charge in [0, 0.05) is 19.5 Å². The van der Waals surface area contributed by atoms with Crippen molar-refractivity contribution in [1.82, 2.24) is 28.6 Å². The molecule has 5 aromatic rings. The van der Waals surface area contributed by atoms with Gasteiger partial charge in [-0.3, -0.25) is 9.79 Å². The second-order valence-electron chi connectivity index (χ2n) is 12.7. The van der Waals surface area contributed by atoms with Crippen LogP contribution < -0.4 is 5.73 Å². The Balaban J connectivity index is 1.19. The van der Waals surface area contributed by atoms with Gasteiger partial charge in [0.25, 0.3) is 10.0 Å². The smallest absolute Gasteiger partial charge is 0.268 e. The predicted molar refractivity (Wildman–Crippen MR) is 188 cm³/mol. The lowest BCUT2D eigenvalue weighted by molar-refractivity contribution is 0.0673. The summed E-state index contributed by atoms with van der Waals surface area (Å²) in [5.41, 5.74) is 13.2. The number of hydrogen-bond acceptors (Lipinski definition) is 9. The number of nitrogens with zero attached hydrogens (tertiary/aromatic N) is 6. The Morgan fingerprint density at radius 3 is 2.55 bits per heavy atom. The first-order chi connectivity index (χ1) is 23.7. The van der Waals surface area contributed by atoms with Crippen LogP contribution in [0.1, 0.15) is 51.5 Å². The molecule has 250 valence electrons. The highest BCUT2D eigenvalue weighted by Crippen LogP contribution is 2.36. The number of aliphatic imine (C=N–C) groups is 1. The second kappa shape index (κ2) is 12.0. The van der Waals surface area contributed by atoms with Crippen LogP contribution in [0.3, 0.4) is 0 Å². The van der Waals surface area contributed by atoms with Crippen LogP contribution >= 0.6 is 0 Å². The van der Waals surface area contributed by atoms with Gasteiger partial charge in [-0.1, -0.05) is 23.8 Å². The number of dihydropyridines is 1. The average molecular weight is 677 g/mol. The molecule has 3 aromatic heterocycles. The van der Waals surface area contributed by atoms with Gasteiger partial charge in [-0.25, -0.2) is 22.1 Å². The molecule has 1 fully saturated rings. The molecule has 0 unspecified atom stereocenters. The van der Waals surface area contributed by atoms with Crippen LogP contribution in [0, 0.1) is 13.8 Å². The molecule has 0 atom stereocenters. The number of amidine groups is 1. The zero-order valence-corrected chi connectivity index (χ0v) is 28.1. The lowest BCUT2D eigenvalue weighted by Gasteiger charge is -2.31. The van der Waals surface area contributed by atoms with Crippen LogP contribution in [0.5, 0.6) is 0 Å². The summed E-state index contributed by atoms with van der Waals surface area (Å²) >= 11 is 0. The van der Waals surface area contributed by atoms with Gasteiger partial charge in [-0.15, -0.1) is 0 Å². The molecule has 0 amide bonds. The van der Waals surface area contributed by atoms with Crippen LogP contribution in [0.25, 0.3) is 22.8 Å². The number of aromatic nitrogens is 5. The number of fused-ring (bicyclic) bond motifs is 2. The van der Waals surface area contributed by atoms with Crippen LogP contribution in [0.15, 0.2) is 81.8 Å². The number of aryl methyl sites for hydroxylation is 3. The fourth-order valence-electron chi connectivity index (χ4n) is 6.84. The molecule has 3 N–H and O–H groups in total. The van der Waals surface area contributed by atoms with Crippen LogP contribution in [0.4, 0.5) is 5.82 Å². The largest absolute Gasteiger partial charge is 0.383 e. The quantitative estimate of drug-likeness (QED) is 0.248. The minimum absolute atomic E-state index is 0.0132. The fraction of sp³-hybridized carbons (Fsp3) is 0.278. The zero-order valence-electron chi connectivity index (χ0n) is 27.3. The Hall–Kier alpha value is -5.27. The van der Waals surface area contributed by atoms with E-state index in [0.29, 0.717) is 50.4 Å². The minimum atomic E-state index is -4.19. The van der Waals surface area contributed by atoms with Crippen molar-refractivity contribution in [3.63, 3.8) is 0 Å². The van der Waals surface area contributed by atoms with Crippen LogP contribution in [-0.4, -0.2) is 81.5 Å². The van der Waals surface area contributed by atoms with E-state index in [4.69, 9.17) is 15.5 Å². The van der Waals surface area contributed by atoms with Crippen LogP contribution in [0.2, 0.25) is 0 Å². The van der Waals surface area contributed by atoms with Crippen LogP contribution in [-0.2, 0) is 21.2 Å². The highest BCUT2D eigenvalue weighted by atomic mass is 32.2. The molecule has 2 aromatic carbocycles. The first-order valence-corrected chi connectivity index (χ1v) is 17.8. The third-order valence-electron chi connectivity index (χ3n) is 9.48. The maximum Gasteiger partial charge on any atom is 0.268 e. The third-order valence-corrected chi connectivity index (χ3v) is 11.2. The number of nitrogens with one attached hydrogen (secondary N) is 1. The number of morpholine rings is 1.